The smallest absolute Gasteiger partial charge is 0.272 e. The summed E-state index contributed by atoms with van der Waals surface area (Å²) < 4.78 is 0. The Hall–Kier alpha value is -2.38. The summed E-state index contributed by atoms with van der Waals surface area (Å²) in [6.07, 6.45) is 9.02. The lowest BCUT2D eigenvalue weighted by Gasteiger charge is -2.22. The van der Waals surface area contributed by atoms with Crippen LogP contribution in [0.4, 0.5) is 0 Å². The maximum Gasteiger partial charge on any atom is 0.272 e. The van der Waals surface area contributed by atoms with Crippen molar-refractivity contribution in [2.24, 2.45) is 0 Å². The fraction of sp³-hybridized carbons (Fsp3) is 0.647. The number of H-pyrrole nitrogens is 1. The van der Waals surface area contributed by atoms with Gasteiger partial charge in [-0.2, -0.15) is 0 Å². The Balaban J connectivity index is 1.64. The molecular formula is C17H25N5O3. The molecule has 1 aliphatic carbocycles. The van der Waals surface area contributed by atoms with E-state index in [4.69, 9.17) is 0 Å². The Kier molecular flexibility index (Phi) is 5.67. The first-order valence-corrected chi connectivity index (χ1v) is 9.08. The number of carbonyl (C=O) groups is 3. The summed E-state index contributed by atoms with van der Waals surface area (Å²) in [6, 6.07) is -0.436. The van der Waals surface area contributed by atoms with Gasteiger partial charge < -0.3 is 20.9 Å². The Morgan fingerprint density at radius 1 is 1.00 bits per heavy atom. The first-order chi connectivity index (χ1) is 12.1. The second-order valence-electron chi connectivity index (χ2n) is 6.75. The van der Waals surface area contributed by atoms with E-state index in [1.165, 1.54) is 12.7 Å². The molecular weight excluding hydrogens is 322 g/mol. The molecule has 0 bridgehead atoms. The van der Waals surface area contributed by atoms with Gasteiger partial charge >= 0.3 is 0 Å². The monoisotopic (exact) mass is 347 g/mol. The number of nitrogens with one attached hydrogen (secondary N) is 4. The van der Waals surface area contributed by atoms with Crippen molar-refractivity contribution in [3.63, 3.8) is 0 Å². The fourth-order valence-electron chi connectivity index (χ4n) is 3.45. The van der Waals surface area contributed by atoms with Crippen molar-refractivity contribution < 1.29 is 14.4 Å². The molecule has 25 heavy (non-hydrogen) atoms. The summed E-state index contributed by atoms with van der Waals surface area (Å²) in [5.41, 5.74) is 0.183. The van der Waals surface area contributed by atoms with E-state index >= 15 is 0 Å². The van der Waals surface area contributed by atoms with Crippen LogP contribution < -0.4 is 16.0 Å². The summed E-state index contributed by atoms with van der Waals surface area (Å²) >= 11 is 0. The van der Waals surface area contributed by atoms with Gasteiger partial charge in [0.05, 0.1) is 6.33 Å². The van der Waals surface area contributed by atoms with Crippen LogP contribution in [-0.4, -0.2) is 46.3 Å². The number of imidazole rings is 1. The molecule has 0 unspecified atom stereocenters. The molecule has 2 fully saturated rings. The maximum atomic E-state index is 12.5. The van der Waals surface area contributed by atoms with Gasteiger partial charge in [-0.3, -0.25) is 14.4 Å². The molecule has 0 aromatic carbocycles. The SMILES string of the molecule is O=C(NC1CCCCC1)c1nc[nH]c1C(=O)N[C@H]1CCCCNC1=O. The highest BCUT2D eigenvalue weighted by Gasteiger charge is 2.27. The highest BCUT2D eigenvalue weighted by Crippen LogP contribution is 2.18. The number of nitrogens with zero attached hydrogens (tertiary/aromatic N) is 1. The van der Waals surface area contributed by atoms with Gasteiger partial charge in [-0.15, -0.1) is 0 Å². The van der Waals surface area contributed by atoms with Crippen molar-refractivity contribution in [1.29, 1.82) is 0 Å². The van der Waals surface area contributed by atoms with Gasteiger partial charge in [0.25, 0.3) is 11.8 Å². The highest BCUT2D eigenvalue weighted by atomic mass is 16.2. The second-order valence-corrected chi connectivity index (χ2v) is 6.75. The zero-order chi connectivity index (χ0) is 17.6. The maximum absolute atomic E-state index is 12.5. The summed E-state index contributed by atoms with van der Waals surface area (Å²) in [5.74, 6) is -1.00. The molecule has 2 heterocycles. The normalized spacial score (nSPS) is 21.9. The van der Waals surface area contributed by atoms with Crippen molar-refractivity contribution in [1.82, 2.24) is 25.9 Å². The van der Waals surface area contributed by atoms with Gasteiger partial charge in [-0.1, -0.05) is 19.3 Å². The Labute approximate surface area is 146 Å². The Morgan fingerprint density at radius 2 is 1.76 bits per heavy atom. The molecule has 8 heteroatoms. The minimum Gasteiger partial charge on any atom is -0.354 e. The molecule has 1 atom stereocenters. The number of aromatic amines is 1. The highest BCUT2D eigenvalue weighted by molar-refractivity contribution is 6.05. The molecule has 1 aliphatic heterocycles. The number of rotatable bonds is 4. The Morgan fingerprint density at radius 3 is 2.56 bits per heavy atom. The van der Waals surface area contributed by atoms with Crippen molar-refractivity contribution >= 4 is 17.7 Å². The van der Waals surface area contributed by atoms with Gasteiger partial charge in [-0.05, 0) is 32.1 Å². The molecule has 0 radical (unpaired) electrons. The molecule has 3 amide bonds. The van der Waals surface area contributed by atoms with Gasteiger partial charge in [0.1, 0.15) is 11.7 Å². The molecule has 3 rings (SSSR count). The van der Waals surface area contributed by atoms with Gasteiger partial charge in [-0.25, -0.2) is 4.98 Å². The van der Waals surface area contributed by atoms with Crippen LogP contribution in [-0.2, 0) is 4.79 Å². The van der Waals surface area contributed by atoms with Crippen molar-refractivity contribution in [2.45, 2.75) is 63.5 Å². The van der Waals surface area contributed by atoms with Crippen LogP contribution >= 0.6 is 0 Å². The number of hydrogen-bond acceptors (Lipinski definition) is 4. The largest absolute Gasteiger partial charge is 0.354 e. The van der Waals surface area contributed by atoms with Gasteiger partial charge in [0.15, 0.2) is 5.69 Å². The van der Waals surface area contributed by atoms with Crippen LogP contribution in [0.2, 0.25) is 0 Å². The predicted molar refractivity (Wildman–Crippen MR) is 91.0 cm³/mol. The van der Waals surface area contributed by atoms with E-state index in [1.54, 1.807) is 0 Å². The van der Waals surface area contributed by atoms with E-state index in [0.717, 1.165) is 38.5 Å². The fourth-order valence-corrected chi connectivity index (χ4v) is 3.45. The first-order valence-electron chi connectivity index (χ1n) is 9.08. The molecule has 1 saturated heterocycles. The lowest BCUT2D eigenvalue weighted by Crippen LogP contribution is -2.46. The van der Waals surface area contributed by atoms with Crippen LogP contribution in [0.25, 0.3) is 0 Å². The number of hydrogen-bond donors (Lipinski definition) is 4. The molecule has 1 aromatic heterocycles. The molecule has 2 aliphatic rings. The lowest BCUT2D eigenvalue weighted by molar-refractivity contribution is -0.122. The van der Waals surface area contributed by atoms with Crippen LogP contribution in [0.15, 0.2) is 6.33 Å². The van der Waals surface area contributed by atoms with Crippen molar-refractivity contribution in [3.8, 4) is 0 Å². The standard InChI is InChI=1S/C17H25N5O3/c23-15-12(8-4-5-9-18-15)22-17(25)14-13(19-10-20-14)16(24)21-11-6-2-1-3-7-11/h10-12H,1-9H2,(H,18,23)(H,19,20)(H,21,24)(H,22,25)/t12-/m0/s1. The minimum atomic E-state index is -0.576. The van der Waals surface area contributed by atoms with Crippen LogP contribution in [0.1, 0.15) is 72.3 Å². The quantitative estimate of drug-likeness (QED) is 0.647. The summed E-state index contributed by atoms with van der Waals surface area (Å²) in [5, 5.41) is 8.44. The number of aromatic nitrogens is 2. The van der Waals surface area contributed by atoms with Gasteiger partial charge in [0, 0.05) is 12.6 Å². The Bertz CT molecular complexity index is 636. The first kappa shape index (κ1) is 17.4. The number of amides is 3. The molecule has 1 aromatic rings. The summed E-state index contributed by atoms with van der Waals surface area (Å²) in [7, 11) is 0. The minimum absolute atomic E-state index is 0.0807. The third-order valence-corrected chi connectivity index (χ3v) is 4.86. The zero-order valence-corrected chi connectivity index (χ0v) is 14.3. The van der Waals surface area contributed by atoms with E-state index in [2.05, 4.69) is 25.9 Å². The third kappa shape index (κ3) is 4.37. The topological polar surface area (TPSA) is 116 Å². The van der Waals surface area contributed by atoms with Crippen molar-refractivity contribution in [2.75, 3.05) is 6.54 Å². The van der Waals surface area contributed by atoms with Gasteiger partial charge in [0.2, 0.25) is 5.91 Å². The predicted octanol–water partition coefficient (Wildman–Crippen LogP) is 0.871. The summed E-state index contributed by atoms with van der Waals surface area (Å²) in [4.78, 5) is 43.7. The average molecular weight is 347 g/mol. The van der Waals surface area contributed by atoms with E-state index in [-0.39, 0.29) is 29.2 Å². The van der Waals surface area contributed by atoms with Crippen LogP contribution in [0, 0.1) is 0 Å². The molecule has 136 valence electrons. The molecule has 8 nitrogen and oxygen atoms in total. The summed E-state index contributed by atoms with van der Waals surface area (Å²) in [6.45, 7) is 0.629. The lowest BCUT2D eigenvalue weighted by atomic mass is 9.95. The van der Waals surface area contributed by atoms with Crippen molar-refractivity contribution in [3.05, 3.63) is 17.7 Å². The third-order valence-electron chi connectivity index (χ3n) is 4.86. The molecule has 1 saturated carbocycles. The molecule has 4 N–H and O–H groups in total. The second kappa shape index (κ2) is 8.13. The van der Waals surface area contributed by atoms with E-state index in [1.807, 2.05) is 0 Å². The number of carbonyl (C=O) groups excluding carboxylic acids is 3. The molecule has 0 spiro atoms. The zero-order valence-electron chi connectivity index (χ0n) is 14.3. The average Bonchev–Trinajstić information content (AvgIpc) is 3.02. The van der Waals surface area contributed by atoms with Crippen LogP contribution in [0.5, 0.6) is 0 Å². The van der Waals surface area contributed by atoms with Crippen LogP contribution in [0.3, 0.4) is 0 Å². The van der Waals surface area contributed by atoms with E-state index in [9.17, 15) is 14.4 Å². The van der Waals surface area contributed by atoms with E-state index < -0.39 is 11.9 Å². The van der Waals surface area contributed by atoms with E-state index in [0.29, 0.717) is 13.0 Å².